The summed E-state index contributed by atoms with van der Waals surface area (Å²) >= 11 is 0. The van der Waals surface area contributed by atoms with Crippen LogP contribution in [0.2, 0.25) is 0 Å². The molecule has 92 valence electrons. The van der Waals surface area contributed by atoms with E-state index in [1.54, 1.807) is 6.92 Å². The molecule has 1 N–H and O–H groups in total. The first-order valence-corrected chi connectivity index (χ1v) is 5.60. The Morgan fingerprint density at radius 1 is 1.35 bits per heavy atom. The van der Waals surface area contributed by atoms with Gasteiger partial charge in [-0.25, -0.2) is 4.39 Å². The maximum atomic E-state index is 13.0. The monoisotopic (exact) mass is 237 g/mol. The standard InChI is InChI=1S/C13H16FNO2/c1-3-4-13(17)15-8-12(16)10-5-6-11(14)9(2)7-10/h5-7H,3-4,8H2,1-2H3,(H,15,17). The third kappa shape index (κ3) is 3.98. The van der Waals surface area contributed by atoms with Crippen molar-refractivity contribution in [3.05, 3.63) is 35.1 Å². The van der Waals surface area contributed by atoms with Gasteiger partial charge in [0, 0.05) is 12.0 Å². The maximum Gasteiger partial charge on any atom is 0.220 e. The summed E-state index contributed by atoms with van der Waals surface area (Å²) in [6.45, 7) is 3.45. The van der Waals surface area contributed by atoms with Gasteiger partial charge in [-0.2, -0.15) is 0 Å². The zero-order valence-corrected chi connectivity index (χ0v) is 10.0. The number of benzene rings is 1. The smallest absolute Gasteiger partial charge is 0.220 e. The third-order valence-electron chi connectivity index (χ3n) is 2.40. The van der Waals surface area contributed by atoms with Crippen LogP contribution < -0.4 is 5.32 Å². The maximum absolute atomic E-state index is 13.0. The summed E-state index contributed by atoms with van der Waals surface area (Å²) in [6, 6.07) is 4.18. The second-order valence-electron chi connectivity index (χ2n) is 3.91. The Balaban J connectivity index is 2.58. The molecule has 1 aromatic rings. The van der Waals surface area contributed by atoms with E-state index in [0.717, 1.165) is 6.42 Å². The zero-order chi connectivity index (χ0) is 12.8. The first-order valence-electron chi connectivity index (χ1n) is 5.60. The number of rotatable bonds is 5. The number of Topliss-reactive ketones (excluding diaryl/α,β-unsaturated/α-hetero) is 1. The number of carbonyl (C=O) groups excluding carboxylic acids is 2. The van der Waals surface area contributed by atoms with Crippen LogP contribution in [0.4, 0.5) is 4.39 Å². The molecule has 0 aliphatic heterocycles. The predicted molar refractivity (Wildman–Crippen MR) is 63.4 cm³/mol. The SMILES string of the molecule is CCCC(=O)NCC(=O)c1ccc(F)c(C)c1. The molecule has 0 heterocycles. The van der Waals surface area contributed by atoms with Crippen molar-refractivity contribution in [2.24, 2.45) is 0 Å². The van der Waals surface area contributed by atoms with Gasteiger partial charge in [-0.3, -0.25) is 9.59 Å². The number of hydrogen-bond donors (Lipinski definition) is 1. The van der Waals surface area contributed by atoms with E-state index in [2.05, 4.69) is 5.32 Å². The van der Waals surface area contributed by atoms with Crippen LogP contribution in [-0.2, 0) is 4.79 Å². The minimum atomic E-state index is -0.337. The lowest BCUT2D eigenvalue weighted by Gasteiger charge is -2.05. The number of carbonyl (C=O) groups is 2. The number of aryl methyl sites for hydroxylation is 1. The predicted octanol–water partition coefficient (Wildman–Crippen LogP) is 2.23. The second-order valence-corrected chi connectivity index (χ2v) is 3.91. The van der Waals surface area contributed by atoms with Crippen molar-refractivity contribution in [1.29, 1.82) is 0 Å². The number of hydrogen-bond acceptors (Lipinski definition) is 2. The molecule has 0 saturated heterocycles. The van der Waals surface area contributed by atoms with Crippen LogP contribution in [0.15, 0.2) is 18.2 Å². The Hall–Kier alpha value is -1.71. The summed E-state index contributed by atoms with van der Waals surface area (Å²) in [7, 11) is 0. The fraction of sp³-hybridized carbons (Fsp3) is 0.385. The van der Waals surface area contributed by atoms with Gasteiger partial charge in [-0.15, -0.1) is 0 Å². The molecular formula is C13H16FNO2. The van der Waals surface area contributed by atoms with Crippen molar-refractivity contribution < 1.29 is 14.0 Å². The lowest BCUT2D eigenvalue weighted by Crippen LogP contribution is -2.29. The van der Waals surface area contributed by atoms with Crippen LogP contribution in [0.25, 0.3) is 0 Å². The van der Waals surface area contributed by atoms with E-state index in [-0.39, 0.29) is 24.1 Å². The van der Waals surface area contributed by atoms with Crippen molar-refractivity contribution in [3.63, 3.8) is 0 Å². The molecule has 0 spiro atoms. The summed E-state index contributed by atoms with van der Waals surface area (Å²) in [5, 5.41) is 2.53. The molecule has 1 amide bonds. The van der Waals surface area contributed by atoms with Crippen molar-refractivity contribution in [2.75, 3.05) is 6.54 Å². The number of amides is 1. The highest BCUT2D eigenvalue weighted by Gasteiger charge is 2.09. The highest BCUT2D eigenvalue weighted by atomic mass is 19.1. The van der Waals surface area contributed by atoms with Crippen LogP contribution >= 0.6 is 0 Å². The minimum absolute atomic E-state index is 0.0378. The molecule has 0 radical (unpaired) electrons. The Labute approximate surface area is 100 Å². The number of nitrogens with one attached hydrogen (secondary N) is 1. The van der Waals surface area contributed by atoms with E-state index >= 15 is 0 Å². The third-order valence-corrected chi connectivity index (χ3v) is 2.40. The van der Waals surface area contributed by atoms with Gasteiger partial charge >= 0.3 is 0 Å². The van der Waals surface area contributed by atoms with E-state index in [0.29, 0.717) is 17.5 Å². The van der Waals surface area contributed by atoms with Crippen LogP contribution in [0.1, 0.15) is 35.7 Å². The molecule has 0 saturated carbocycles. The van der Waals surface area contributed by atoms with Gasteiger partial charge in [0.25, 0.3) is 0 Å². The Morgan fingerprint density at radius 3 is 2.65 bits per heavy atom. The van der Waals surface area contributed by atoms with E-state index in [4.69, 9.17) is 0 Å². The van der Waals surface area contributed by atoms with Gasteiger partial charge in [0.1, 0.15) is 5.82 Å². The van der Waals surface area contributed by atoms with Crippen LogP contribution in [0, 0.1) is 12.7 Å². The van der Waals surface area contributed by atoms with Gasteiger partial charge in [0.2, 0.25) is 5.91 Å². The molecule has 0 atom stereocenters. The van der Waals surface area contributed by atoms with Crippen molar-refractivity contribution in [3.8, 4) is 0 Å². The van der Waals surface area contributed by atoms with Crippen LogP contribution in [-0.4, -0.2) is 18.2 Å². The topological polar surface area (TPSA) is 46.2 Å². The minimum Gasteiger partial charge on any atom is -0.349 e. The number of ketones is 1. The molecule has 1 rings (SSSR count). The molecule has 0 aliphatic rings. The summed E-state index contributed by atoms with van der Waals surface area (Å²) in [5.41, 5.74) is 0.844. The van der Waals surface area contributed by atoms with E-state index in [1.165, 1.54) is 18.2 Å². The molecule has 4 heteroatoms. The largest absolute Gasteiger partial charge is 0.349 e. The van der Waals surface area contributed by atoms with Gasteiger partial charge < -0.3 is 5.32 Å². The van der Waals surface area contributed by atoms with Crippen LogP contribution in [0.5, 0.6) is 0 Å². The van der Waals surface area contributed by atoms with Crippen molar-refractivity contribution in [2.45, 2.75) is 26.7 Å². The molecule has 17 heavy (non-hydrogen) atoms. The lowest BCUT2D eigenvalue weighted by atomic mass is 10.1. The molecule has 3 nitrogen and oxygen atoms in total. The van der Waals surface area contributed by atoms with Crippen molar-refractivity contribution >= 4 is 11.7 Å². The average Bonchev–Trinajstić information content (AvgIpc) is 2.30. The lowest BCUT2D eigenvalue weighted by molar-refractivity contribution is -0.120. The van der Waals surface area contributed by atoms with Gasteiger partial charge in [-0.1, -0.05) is 6.92 Å². The Kier molecular flexibility index (Phi) is 4.82. The summed E-state index contributed by atoms with van der Waals surface area (Å²) < 4.78 is 13.0. The highest BCUT2D eigenvalue weighted by molar-refractivity contribution is 5.99. The summed E-state index contributed by atoms with van der Waals surface area (Å²) in [4.78, 5) is 22.9. The molecular weight excluding hydrogens is 221 g/mol. The average molecular weight is 237 g/mol. The molecule has 0 aliphatic carbocycles. The van der Waals surface area contributed by atoms with Crippen LogP contribution in [0.3, 0.4) is 0 Å². The Bertz CT molecular complexity index is 429. The zero-order valence-electron chi connectivity index (χ0n) is 10.0. The molecule has 0 fully saturated rings. The summed E-state index contributed by atoms with van der Waals surface area (Å²) in [6.07, 6.45) is 1.16. The van der Waals surface area contributed by atoms with Crippen molar-refractivity contribution in [1.82, 2.24) is 5.32 Å². The molecule has 0 aromatic heterocycles. The molecule has 0 unspecified atom stereocenters. The first kappa shape index (κ1) is 13.4. The van der Waals surface area contributed by atoms with E-state index < -0.39 is 0 Å². The first-order chi connectivity index (χ1) is 8.04. The Morgan fingerprint density at radius 2 is 2.06 bits per heavy atom. The summed E-state index contributed by atoms with van der Waals surface area (Å²) in [5.74, 6) is -0.686. The fourth-order valence-corrected chi connectivity index (χ4v) is 1.41. The molecule has 1 aromatic carbocycles. The van der Waals surface area contributed by atoms with E-state index in [9.17, 15) is 14.0 Å². The number of halogens is 1. The second kappa shape index (κ2) is 6.13. The van der Waals surface area contributed by atoms with Gasteiger partial charge in [0.05, 0.1) is 6.54 Å². The van der Waals surface area contributed by atoms with Gasteiger partial charge in [-0.05, 0) is 37.1 Å². The quantitative estimate of drug-likeness (QED) is 0.798. The normalized spacial score (nSPS) is 10.1. The fourth-order valence-electron chi connectivity index (χ4n) is 1.41. The molecule has 0 bridgehead atoms. The highest BCUT2D eigenvalue weighted by Crippen LogP contribution is 2.09. The van der Waals surface area contributed by atoms with E-state index in [1.807, 2.05) is 6.92 Å². The van der Waals surface area contributed by atoms with Gasteiger partial charge in [0.15, 0.2) is 5.78 Å².